The van der Waals surface area contributed by atoms with Gasteiger partial charge in [-0.2, -0.15) is 0 Å². The number of anilines is 3. The molecule has 0 radical (unpaired) electrons. The van der Waals surface area contributed by atoms with Crippen molar-refractivity contribution < 1.29 is 4.42 Å². The molecular formula is C60H41NO. The van der Waals surface area contributed by atoms with Crippen LogP contribution in [-0.4, -0.2) is 0 Å². The molecule has 0 fully saturated rings. The molecule has 0 bridgehead atoms. The molecule has 0 saturated carbocycles. The van der Waals surface area contributed by atoms with E-state index in [-0.39, 0.29) is 0 Å². The summed E-state index contributed by atoms with van der Waals surface area (Å²) in [6, 6.07) is 89.0. The van der Waals surface area contributed by atoms with Crippen molar-refractivity contribution in [1.29, 1.82) is 0 Å². The zero-order valence-corrected chi connectivity index (χ0v) is 34.0. The number of furan rings is 1. The van der Waals surface area contributed by atoms with Crippen LogP contribution >= 0.6 is 0 Å². The molecule has 0 aliphatic carbocycles. The fourth-order valence-electron chi connectivity index (χ4n) is 8.90. The molecule has 0 aliphatic heterocycles. The lowest BCUT2D eigenvalue weighted by atomic mass is 9.89. The molecular weight excluding hydrogens is 751 g/mol. The number of nitrogens with zero attached hydrogens (tertiary/aromatic N) is 1. The Morgan fingerprint density at radius 2 is 0.758 bits per heavy atom. The Hall–Kier alpha value is -8.20. The molecule has 1 aromatic heterocycles. The summed E-state index contributed by atoms with van der Waals surface area (Å²) >= 11 is 0. The molecule has 0 amide bonds. The van der Waals surface area contributed by atoms with Gasteiger partial charge in [0.15, 0.2) is 0 Å². The predicted octanol–water partition coefficient (Wildman–Crippen LogP) is 17.1. The second-order valence-electron chi connectivity index (χ2n) is 15.7. The largest absolute Gasteiger partial charge is 0.456 e. The average molecular weight is 792 g/mol. The van der Waals surface area contributed by atoms with E-state index in [4.69, 9.17) is 4.42 Å². The number of hydrogen-bond donors (Lipinski definition) is 0. The number of hydrogen-bond acceptors (Lipinski definition) is 2. The summed E-state index contributed by atoms with van der Waals surface area (Å²) in [5, 5.41) is 3.45. The minimum absolute atomic E-state index is 0.866. The normalized spacial score (nSPS) is 11.2. The van der Waals surface area contributed by atoms with Gasteiger partial charge in [-0.25, -0.2) is 0 Å². The molecule has 0 spiro atoms. The third kappa shape index (κ3) is 6.94. The number of rotatable bonds is 9. The Balaban J connectivity index is 1.02. The van der Waals surface area contributed by atoms with Gasteiger partial charge in [-0.15, -0.1) is 0 Å². The SMILES string of the molecule is c1ccc(-c2ccc(N(c3ccc(-c4ccccc4-c4ccccc4-c4ccccc4)cc3)c3ccc(-c4cccc(-c5cc6ccccc6o5)c4)c4ccccc34)cc2)cc1. The van der Waals surface area contributed by atoms with Crippen LogP contribution in [0.4, 0.5) is 17.1 Å². The van der Waals surface area contributed by atoms with Gasteiger partial charge in [0.25, 0.3) is 0 Å². The van der Waals surface area contributed by atoms with Crippen molar-refractivity contribution >= 4 is 38.8 Å². The number of benzene rings is 10. The van der Waals surface area contributed by atoms with E-state index < -0.39 is 0 Å². The molecule has 2 heteroatoms. The van der Waals surface area contributed by atoms with Crippen molar-refractivity contribution in [3.63, 3.8) is 0 Å². The highest BCUT2D eigenvalue weighted by Crippen LogP contribution is 2.44. The Morgan fingerprint density at radius 3 is 1.42 bits per heavy atom. The first-order chi connectivity index (χ1) is 30.7. The standard InChI is InChI=1S/C60H41NO/c1-3-16-42(17-4-1)43-30-34-49(35-31-43)61(50-36-32-45(33-37-50)52-24-9-11-26-55(52)54-25-10-8-23-51(54)44-18-5-2-6-19-44)58-39-38-53(56-27-12-13-28-57(56)58)46-21-15-22-47(40-46)60-41-48-20-7-14-29-59(48)62-60/h1-41H. The van der Waals surface area contributed by atoms with Gasteiger partial charge in [-0.05, 0) is 110 Å². The van der Waals surface area contributed by atoms with Crippen molar-refractivity contribution in [2.75, 3.05) is 4.90 Å². The topological polar surface area (TPSA) is 16.4 Å². The number of para-hydroxylation sites is 1. The maximum absolute atomic E-state index is 6.30. The Morgan fingerprint density at radius 1 is 0.274 bits per heavy atom. The molecule has 0 unspecified atom stereocenters. The van der Waals surface area contributed by atoms with Crippen LogP contribution in [0.1, 0.15) is 0 Å². The first-order valence-corrected chi connectivity index (χ1v) is 21.2. The fraction of sp³-hybridized carbons (Fsp3) is 0. The van der Waals surface area contributed by atoms with Gasteiger partial charge >= 0.3 is 0 Å². The third-order valence-electron chi connectivity index (χ3n) is 11.9. The van der Waals surface area contributed by atoms with Crippen molar-refractivity contribution in [3.8, 4) is 67.0 Å². The van der Waals surface area contributed by atoms with Crippen molar-refractivity contribution in [1.82, 2.24) is 0 Å². The minimum atomic E-state index is 0.866. The lowest BCUT2D eigenvalue weighted by Gasteiger charge is -2.28. The van der Waals surface area contributed by atoms with Crippen molar-refractivity contribution in [2.24, 2.45) is 0 Å². The van der Waals surface area contributed by atoms with Gasteiger partial charge in [0.1, 0.15) is 11.3 Å². The molecule has 0 saturated heterocycles. The van der Waals surface area contributed by atoms with Gasteiger partial charge in [-0.3, -0.25) is 0 Å². The summed E-state index contributed by atoms with van der Waals surface area (Å²) in [6.07, 6.45) is 0. The zero-order chi connectivity index (χ0) is 41.2. The predicted molar refractivity (Wildman–Crippen MR) is 261 cm³/mol. The maximum Gasteiger partial charge on any atom is 0.135 e. The first kappa shape index (κ1) is 36.8. The quantitative estimate of drug-likeness (QED) is 0.145. The second-order valence-corrected chi connectivity index (χ2v) is 15.7. The van der Waals surface area contributed by atoms with E-state index in [0.717, 1.165) is 50.5 Å². The molecule has 11 aromatic rings. The summed E-state index contributed by atoms with van der Waals surface area (Å²) in [5.41, 5.74) is 17.1. The van der Waals surface area contributed by atoms with Crippen LogP contribution in [0.2, 0.25) is 0 Å². The Labute approximate surface area is 362 Å². The summed E-state index contributed by atoms with van der Waals surface area (Å²) < 4.78 is 6.30. The van der Waals surface area contributed by atoms with Gasteiger partial charge in [0, 0.05) is 27.7 Å². The van der Waals surface area contributed by atoms with E-state index in [9.17, 15) is 0 Å². The average Bonchev–Trinajstić information content (AvgIpc) is 3.80. The summed E-state index contributed by atoms with van der Waals surface area (Å²) in [7, 11) is 0. The van der Waals surface area contributed by atoms with E-state index in [0.29, 0.717) is 0 Å². The monoisotopic (exact) mass is 791 g/mol. The lowest BCUT2D eigenvalue weighted by molar-refractivity contribution is 0.631. The zero-order valence-electron chi connectivity index (χ0n) is 34.0. The summed E-state index contributed by atoms with van der Waals surface area (Å²) in [6.45, 7) is 0. The van der Waals surface area contributed by atoms with Crippen LogP contribution in [0.5, 0.6) is 0 Å². The van der Waals surface area contributed by atoms with Crippen LogP contribution in [0.25, 0.3) is 88.7 Å². The van der Waals surface area contributed by atoms with Gasteiger partial charge in [-0.1, -0.05) is 200 Å². The molecule has 62 heavy (non-hydrogen) atoms. The Bertz CT molecular complexity index is 3300. The second kappa shape index (κ2) is 16.1. The van der Waals surface area contributed by atoms with Crippen LogP contribution in [0.3, 0.4) is 0 Å². The summed E-state index contributed by atoms with van der Waals surface area (Å²) in [5.74, 6) is 0.866. The van der Waals surface area contributed by atoms with E-state index in [1.165, 1.54) is 55.3 Å². The van der Waals surface area contributed by atoms with Crippen LogP contribution < -0.4 is 4.90 Å². The van der Waals surface area contributed by atoms with Crippen molar-refractivity contribution in [3.05, 3.63) is 249 Å². The van der Waals surface area contributed by atoms with E-state index in [1.807, 2.05) is 18.2 Å². The molecule has 0 aliphatic rings. The third-order valence-corrected chi connectivity index (χ3v) is 11.9. The van der Waals surface area contributed by atoms with E-state index >= 15 is 0 Å². The lowest BCUT2D eigenvalue weighted by Crippen LogP contribution is -2.10. The van der Waals surface area contributed by atoms with E-state index in [2.05, 4.69) is 235 Å². The van der Waals surface area contributed by atoms with Gasteiger partial charge in [0.2, 0.25) is 0 Å². The van der Waals surface area contributed by atoms with Gasteiger partial charge in [0.05, 0.1) is 5.69 Å². The highest BCUT2D eigenvalue weighted by Gasteiger charge is 2.19. The molecule has 10 aromatic carbocycles. The van der Waals surface area contributed by atoms with Crippen LogP contribution in [0.15, 0.2) is 253 Å². The smallest absolute Gasteiger partial charge is 0.135 e. The molecule has 0 N–H and O–H groups in total. The summed E-state index contributed by atoms with van der Waals surface area (Å²) in [4.78, 5) is 2.39. The Kier molecular flexibility index (Phi) is 9.57. The maximum atomic E-state index is 6.30. The van der Waals surface area contributed by atoms with Crippen LogP contribution in [-0.2, 0) is 0 Å². The first-order valence-electron chi connectivity index (χ1n) is 21.2. The minimum Gasteiger partial charge on any atom is -0.456 e. The highest BCUT2D eigenvalue weighted by atomic mass is 16.3. The van der Waals surface area contributed by atoms with Crippen LogP contribution in [0, 0.1) is 0 Å². The van der Waals surface area contributed by atoms with Gasteiger partial charge < -0.3 is 9.32 Å². The number of fused-ring (bicyclic) bond motifs is 2. The van der Waals surface area contributed by atoms with E-state index in [1.54, 1.807) is 0 Å². The molecule has 0 atom stereocenters. The fourth-order valence-corrected chi connectivity index (χ4v) is 8.90. The molecule has 1 heterocycles. The molecule has 292 valence electrons. The van der Waals surface area contributed by atoms with Crippen molar-refractivity contribution in [2.45, 2.75) is 0 Å². The molecule has 2 nitrogen and oxygen atoms in total. The molecule has 11 rings (SSSR count). The highest BCUT2D eigenvalue weighted by molar-refractivity contribution is 6.06.